The van der Waals surface area contributed by atoms with Crippen molar-refractivity contribution >= 4 is 48.7 Å². The summed E-state index contributed by atoms with van der Waals surface area (Å²) < 4.78 is 24.7. The van der Waals surface area contributed by atoms with Crippen LogP contribution < -0.4 is 0 Å². The molecule has 1 rings (SSSR count). The van der Waals surface area contributed by atoms with E-state index < -0.39 is 11.7 Å². The van der Waals surface area contributed by atoms with Crippen LogP contribution in [0.1, 0.15) is 22.5 Å². The highest BCUT2D eigenvalue weighted by Gasteiger charge is 2.18. The van der Waals surface area contributed by atoms with Crippen molar-refractivity contribution in [2.45, 2.75) is 6.43 Å². The zero-order valence-corrected chi connectivity index (χ0v) is 10.3. The van der Waals surface area contributed by atoms with Crippen molar-refractivity contribution in [2.24, 2.45) is 0 Å². The van der Waals surface area contributed by atoms with Gasteiger partial charge in [0.1, 0.15) is 10.3 Å². The van der Waals surface area contributed by atoms with Crippen LogP contribution in [0.15, 0.2) is 15.1 Å². The average Bonchev–Trinajstić information content (AvgIpc) is 2.07. The molecule has 1 aromatic rings. The minimum absolute atomic E-state index is 0.0836. The van der Waals surface area contributed by atoms with Crippen LogP contribution in [0.5, 0.6) is 0 Å². The van der Waals surface area contributed by atoms with Crippen LogP contribution in [0.4, 0.5) is 8.78 Å². The third-order valence-electron chi connectivity index (χ3n) is 1.38. The summed E-state index contributed by atoms with van der Waals surface area (Å²) in [5, 5.41) is -0.807. The summed E-state index contributed by atoms with van der Waals surface area (Å²) in [5.41, 5.74) is -0.388. The highest BCUT2D eigenvalue weighted by Crippen LogP contribution is 2.30. The first-order valence-electron chi connectivity index (χ1n) is 3.27. The van der Waals surface area contributed by atoms with E-state index in [9.17, 15) is 13.6 Å². The molecule has 2 nitrogen and oxygen atoms in total. The average molecular weight is 349 g/mol. The number of alkyl halides is 2. The molecule has 1 aromatic heterocycles. The molecule has 0 unspecified atom stereocenters. The molecular weight excluding hydrogens is 347 g/mol. The van der Waals surface area contributed by atoms with Gasteiger partial charge in [0.15, 0.2) is 0 Å². The topological polar surface area (TPSA) is 30.0 Å². The maximum absolute atomic E-state index is 12.3. The van der Waals surface area contributed by atoms with Gasteiger partial charge in [0.05, 0.1) is 5.56 Å². The van der Waals surface area contributed by atoms with Crippen molar-refractivity contribution in [2.75, 3.05) is 0 Å². The number of hydrogen-bond donors (Lipinski definition) is 0. The molecule has 0 bridgehead atoms. The molecule has 0 atom stereocenters. The van der Waals surface area contributed by atoms with Crippen molar-refractivity contribution in [3.05, 3.63) is 26.4 Å². The fourth-order valence-electron chi connectivity index (χ4n) is 0.771. The largest absolute Gasteiger partial charge is 0.274 e. The van der Waals surface area contributed by atoms with Crippen molar-refractivity contribution in [3.8, 4) is 0 Å². The van der Waals surface area contributed by atoms with Crippen molar-refractivity contribution in [1.82, 2.24) is 4.98 Å². The Hall–Kier alpha value is -0.0700. The lowest BCUT2D eigenvalue weighted by atomic mass is 10.2. The Morgan fingerprint density at radius 1 is 1.50 bits per heavy atom. The number of carbonyl (C=O) groups is 1. The lowest BCUT2D eigenvalue weighted by Crippen LogP contribution is -2.00. The number of halogens is 5. The molecule has 0 radical (unpaired) electrons. The van der Waals surface area contributed by atoms with Crippen molar-refractivity contribution < 1.29 is 13.6 Å². The summed E-state index contributed by atoms with van der Waals surface area (Å²) >= 11 is 10.9. The van der Waals surface area contributed by atoms with Crippen LogP contribution in [-0.4, -0.2) is 10.2 Å². The summed E-state index contributed by atoms with van der Waals surface area (Å²) in [7, 11) is 0. The minimum Gasteiger partial charge on any atom is -0.274 e. The smallest absolute Gasteiger partial charge is 0.272 e. The lowest BCUT2D eigenvalue weighted by Gasteiger charge is -2.05. The van der Waals surface area contributed by atoms with E-state index in [1.54, 1.807) is 0 Å². The van der Waals surface area contributed by atoms with Crippen molar-refractivity contribution in [3.63, 3.8) is 0 Å². The van der Waals surface area contributed by atoms with Gasteiger partial charge in [-0.1, -0.05) is 0 Å². The molecular formula is C7H2Br2ClF2NO. The number of carbonyl (C=O) groups excluding carboxylic acids is 1. The standard InChI is InChI=1S/C7H2Br2ClF2NO/c8-3-1-2(7(11)12)5(9)13-4(3)6(10)14/h1,7H. The molecule has 0 amide bonds. The van der Waals surface area contributed by atoms with Crippen LogP contribution in [-0.2, 0) is 0 Å². The molecule has 76 valence electrons. The molecule has 14 heavy (non-hydrogen) atoms. The summed E-state index contributed by atoms with van der Waals surface area (Å²) in [5.74, 6) is 0. The Labute approximate surface area is 99.9 Å². The van der Waals surface area contributed by atoms with Gasteiger partial charge in [-0.05, 0) is 49.5 Å². The van der Waals surface area contributed by atoms with Crippen LogP contribution in [0.3, 0.4) is 0 Å². The Kier molecular flexibility index (Phi) is 3.97. The highest BCUT2D eigenvalue weighted by atomic mass is 79.9. The normalized spacial score (nSPS) is 10.7. The number of nitrogens with zero attached hydrogens (tertiary/aromatic N) is 1. The van der Waals surface area contributed by atoms with Crippen LogP contribution >= 0.6 is 43.5 Å². The first-order valence-corrected chi connectivity index (χ1v) is 5.23. The lowest BCUT2D eigenvalue weighted by molar-refractivity contribution is 0.107. The molecule has 1 heterocycles. The number of pyridine rings is 1. The molecule has 0 aliphatic carbocycles. The Balaban J connectivity index is 3.31. The third-order valence-corrected chi connectivity index (χ3v) is 2.80. The van der Waals surface area contributed by atoms with Gasteiger partial charge in [0.25, 0.3) is 11.7 Å². The molecule has 0 aromatic carbocycles. The third kappa shape index (κ3) is 2.49. The molecule has 0 saturated carbocycles. The molecule has 0 N–H and O–H groups in total. The van der Waals surface area contributed by atoms with E-state index in [1.165, 1.54) is 0 Å². The number of hydrogen-bond acceptors (Lipinski definition) is 2. The fourth-order valence-corrected chi connectivity index (χ4v) is 2.01. The second-order valence-electron chi connectivity index (χ2n) is 2.27. The van der Waals surface area contributed by atoms with Gasteiger partial charge < -0.3 is 0 Å². The van der Waals surface area contributed by atoms with E-state index in [0.29, 0.717) is 0 Å². The second-order valence-corrected chi connectivity index (χ2v) is 4.22. The van der Waals surface area contributed by atoms with Crippen LogP contribution in [0, 0.1) is 0 Å². The van der Waals surface area contributed by atoms with E-state index in [-0.39, 0.29) is 20.3 Å². The summed E-state index contributed by atoms with van der Waals surface area (Å²) in [4.78, 5) is 14.4. The molecule has 0 saturated heterocycles. The Morgan fingerprint density at radius 2 is 2.07 bits per heavy atom. The number of rotatable bonds is 2. The monoisotopic (exact) mass is 347 g/mol. The zero-order chi connectivity index (χ0) is 10.9. The maximum atomic E-state index is 12.3. The van der Waals surface area contributed by atoms with E-state index in [4.69, 9.17) is 11.6 Å². The van der Waals surface area contributed by atoms with Gasteiger partial charge in [0, 0.05) is 4.47 Å². The molecule has 0 fully saturated rings. The first kappa shape index (κ1) is 12.0. The zero-order valence-electron chi connectivity index (χ0n) is 6.40. The van der Waals surface area contributed by atoms with Gasteiger partial charge >= 0.3 is 0 Å². The highest BCUT2D eigenvalue weighted by molar-refractivity contribution is 9.11. The fraction of sp³-hybridized carbons (Fsp3) is 0.143. The molecule has 0 spiro atoms. The Bertz CT molecular complexity index is 386. The molecule has 0 aliphatic rings. The van der Waals surface area contributed by atoms with Gasteiger partial charge in [-0.25, -0.2) is 13.8 Å². The van der Waals surface area contributed by atoms with Gasteiger partial charge in [-0.2, -0.15) is 0 Å². The van der Waals surface area contributed by atoms with E-state index in [1.807, 2.05) is 0 Å². The van der Waals surface area contributed by atoms with Crippen LogP contribution in [0.2, 0.25) is 0 Å². The van der Waals surface area contributed by atoms with E-state index >= 15 is 0 Å². The van der Waals surface area contributed by atoms with E-state index in [0.717, 1.165) is 6.07 Å². The predicted molar refractivity (Wildman–Crippen MR) is 54.8 cm³/mol. The predicted octanol–water partition coefficient (Wildman–Crippen LogP) is 3.92. The quantitative estimate of drug-likeness (QED) is 0.598. The SMILES string of the molecule is O=C(Cl)c1nc(Br)c(C(F)F)cc1Br. The molecule has 0 aliphatic heterocycles. The summed E-state index contributed by atoms with van der Waals surface area (Å²) in [6.45, 7) is 0. The summed E-state index contributed by atoms with van der Waals surface area (Å²) in [6, 6.07) is 1.11. The van der Waals surface area contributed by atoms with Crippen LogP contribution in [0.25, 0.3) is 0 Å². The van der Waals surface area contributed by atoms with Gasteiger partial charge in [-0.15, -0.1) is 0 Å². The first-order chi connectivity index (χ1) is 6.43. The van der Waals surface area contributed by atoms with Gasteiger partial charge in [0.2, 0.25) is 0 Å². The minimum atomic E-state index is -2.66. The number of aromatic nitrogens is 1. The Morgan fingerprint density at radius 3 is 2.50 bits per heavy atom. The summed E-state index contributed by atoms with van der Waals surface area (Å²) in [6.07, 6.45) is -2.66. The van der Waals surface area contributed by atoms with E-state index in [2.05, 4.69) is 36.8 Å². The van der Waals surface area contributed by atoms with Crippen molar-refractivity contribution in [1.29, 1.82) is 0 Å². The molecule has 7 heteroatoms. The maximum Gasteiger partial charge on any atom is 0.272 e. The van der Waals surface area contributed by atoms with Gasteiger partial charge in [-0.3, -0.25) is 4.79 Å². The second kappa shape index (κ2) is 4.63.